The van der Waals surface area contributed by atoms with Gasteiger partial charge in [-0.2, -0.15) is 0 Å². The van der Waals surface area contributed by atoms with Gasteiger partial charge in [0.15, 0.2) is 0 Å². The van der Waals surface area contributed by atoms with Crippen LogP contribution >= 0.6 is 0 Å². The van der Waals surface area contributed by atoms with E-state index in [1.165, 1.54) is 11.1 Å². The second-order valence-corrected chi connectivity index (χ2v) is 7.91. The summed E-state index contributed by atoms with van der Waals surface area (Å²) in [5.74, 6) is 0.393. The van der Waals surface area contributed by atoms with Gasteiger partial charge in [-0.1, -0.05) is 26.8 Å². The van der Waals surface area contributed by atoms with Crippen LogP contribution in [0.3, 0.4) is 0 Å². The Morgan fingerprint density at radius 2 is 2.09 bits per heavy atom. The van der Waals surface area contributed by atoms with E-state index in [0.717, 1.165) is 25.9 Å². The molecule has 2 aliphatic rings. The van der Waals surface area contributed by atoms with E-state index >= 15 is 0 Å². The van der Waals surface area contributed by atoms with Crippen molar-refractivity contribution in [3.8, 4) is 5.75 Å². The lowest BCUT2D eigenvalue weighted by molar-refractivity contribution is -0.0569. The van der Waals surface area contributed by atoms with Gasteiger partial charge in [-0.15, -0.1) is 0 Å². The average Bonchev–Trinajstić information content (AvgIpc) is 2.46. The average molecular weight is 303 g/mol. The van der Waals surface area contributed by atoms with Crippen LogP contribution in [0, 0.1) is 5.41 Å². The van der Waals surface area contributed by atoms with Gasteiger partial charge in [-0.25, -0.2) is 0 Å². The van der Waals surface area contributed by atoms with Gasteiger partial charge in [0.25, 0.3) is 0 Å². The molecule has 1 N–H and O–H groups in total. The van der Waals surface area contributed by atoms with Gasteiger partial charge in [-0.3, -0.25) is 4.90 Å². The van der Waals surface area contributed by atoms with Crippen LogP contribution in [0.4, 0.5) is 0 Å². The van der Waals surface area contributed by atoms with Crippen molar-refractivity contribution in [2.75, 3.05) is 20.2 Å². The van der Waals surface area contributed by atoms with Gasteiger partial charge < -0.3 is 9.84 Å². The summed E-state index contributed by atoms with van der Waals surface area (Å²) < 4.78 is 5.49. The van der Waals surface area contributed by atoms with Crippen molar-refractivity contribution in [3.63, 3.8) is 0 Å². The molecule has 2 bridgehead atoms. The second-order valence-electron chi connectivity index (χ2n) is 7.91. The Morgan fingerprint density at radius 3 is 2.77 bits per heavy atom. The summed E-state index contributed by atoms with van der Waals surface area (Å²) >= 11 is 0. The molecule has 122 valence electrons. The third kappa shape index (κ3) is 2.17. The van der Waals surface area contributed by atoms with Gasteiger partial charge in [0, 0.05) is 25.1 Å². The summed E-state index contributed by atoms with van der Waals surface area (Å²) in [6, 6.07) is 6.48. The molecule has 1 aliphatic carbocycles. The molecule has 1 saturated heterocycles. The lowest BCUT2D eigenvalue weighted by atomic mass is 9.51. The normalized spacial score (nSPS) is 31.6. The van der Waals surface area contributed by atoms with E-state index in [1.54, 1.807) is 7.11 Å². The Balaban J connectivity index is 2.02. The highest BCUT2D eigenvalue weighted by molar-refractivity contribution is 5.45. The molecule has 22 heavy (non-hydrogen) atoms. The van der Waals surface area contributed by atoms with Crippen LogP contribution in [0.15, 0.2) is 18.2 Å². The topological polar surface area (TPSA) is 32.7 Å². The monoisotopic (exact) mass is 303 g/mol. The number of piperidine rings is 1. The van der Waals surface area contributed by atoms with Gasteiger partial charge in [0.2, 0.25) is 0 Å². The van der Waals surface area contributed by atoms with Crippen molar-refractivity contribution in [1.29, 1.82) is 0 Å². The number of phenolic OH excluding ortho intramolecular Hbond substituents is 1. The first-order valence-electron chi connectivity index (χ1n) is 8.39. The van der Waals surface area contributed by atoms with Crippen molar-refractivity contribution in [1.82, 2.24) is 4.90 Å². The number of fused-ring (bicyclic) bond motifs is 4. The van der Waals surface area contributed by atoms with Crippen LogP contribution in [-0.4, -0.2) is 42.4 Å². The van der Waals surface area contributed by atoms with Crippen LogP contribution in [0.1, 0.15) is 45.2 Å². The number of methoxy groups -OCH3 is 1. The Kier molecular flexibility index (Phi) is 3.77. The summed E-state index contributed by atoms with van der Waals surface area (Å²) in [5, 5.41) is 9.95. The molecule has 3 heteroatoms. The number of benzene rings is 1. The highest BCUT2D eigenvalue weighted by Gasteiger charge is 2.55. The first-order chi connectivity index (χ1) is 10.3. The minimum atomic E-state index is 0.122. The second kappa shape index (κ2) is 5.24. The van der Waals surface area contributed by atoms with E-state index in [4.69, 9.17) is 4.74 Å². The maximum absolute atomic E-state index is 9.95. The Labute approximate surface area is 134 Å². The van der Waals surface area contributed by atoms with Crippen molar-refractivity contribution < 1.29 is 9.84 Å². The van der Waals surface area contributed by atoms with E-state index in [9.17, 15) is 5.11 Å². The maximum atomic E-state index is 9.95. The van der Waals surface area contributed by atoms with E-state index in [1.807, 2.05) is 12.1 Å². The minimum absolute atomic E-state index is 0.122. The fraction of sp³-hybridized carbons (Fsp3) is 0.684. The molecule has 3 atom stereocenters. The number of aromatic hydroxyl groups is 1. The lowest BCUT2D eigenvalue weighted by Gasteiger charge is -2.61. The molecule has 0 radical (unpaired) electrons. The first-order valence-corrected chi connectivity index (χ1v) is 8.39. The molecule has 0 aromatic heterocycles. The molecular weight excluding hydrogens is 274 g/mol. The molecule has 3 unspecified atom stereocenters. The Hall–Kier alpha value is -1.06. The van der Waals surface area contributed by atoms with Crippen LogP contribution in [0.2, 0.25) is 0 Å². The number of phenols is 1. The molecule has 3 nitrogen and oxygen atoms in total. The standard InChI is InChI=1S/C19H29NO2/c1-13(22-5)12-20-9-8-19(4)16-11-15(21)7-6-14(16)10-17(20)18(19,2)3/h6-7,11,13,17,21H,8-10,12H2,1-5H3. The number of likely N-dealkylation sites (tertiary alicyclic amines) is 1. The smallest absolute Gasteiger partial charge is 0.115 e. The molecule has 1 fully saturated rings. The van der Waals surface area contributed by atoms with E-state index < -0.39 is 0 Å². The number of hydrogen-bond acceptors (Lipinski definition) is 3. The number of nitrogens with zero attached hydrogens (tertiary/aromatic N) is 1. The largest absolute Gasteiger partial charge is 0.508 e. The summed E-state index contributed by atoms with van der Waals surface area (Å²) in [4.78, 5) is 2.62. The predicted molar refractivity (Wildman–Crippen MR) is 89.4 cm³/mol. The quantitative estimate of drug-likeness (QED) is 0.929. The summed E-state index contributed by atoms with van der Waals surface area (Å²) in [7, 11) is 1.79. The zero-order valence-corrected chi connectivity index (χ0v) is 14.5. The van der Waals surface area contributed by atoms with Crippen molar-refractivity contribution in [3.05, 3.63) is 29.3 Å². The van der Waals surface area contributed by atoms with Crippen LogP contribution < -0.4 is 0 Å². The molecule has 1 aliphatic heterocycles. The van der Waals surface area contributed by atoms with E-state index in [2.05, 4.69) is 38.7 Å². The van der Waals surface area contributed by atoms with Gasteiger partial charge in [0.1, 0.15) is 5.75 Å². The van der Waals surface area contributed by atoms with Crippen LogP contribution in [0.25, 0.3) is 0 Å². The summed E-state index contributed by atoms with van der Waals surface area (Å²) in [6.45, 7) is 11.4. The number of ether oxygens (including phenoxy) is 1. The molecule has 0 saturated carbocycles. The van der Waals surface area contributed by atoms with Gasteiger partial charge >= 0.3 is 0 Å². The fourth-order valence-electron chi connectivity index (χ4n) is 4.62. The van der Waals surface area contributed by atoms with Gasteiger partial charge in [0.05, 0.1) is 6.10 Å². The third-order valence-electron chi connectivity index (χ3n) is 6.59. The summed E-state index contributed by atoms with van der Waals surface area (Å²) in [6.07, 6.45) is 2.46. The number of hydrogen-bond donors (Lipinski definition) is 1. The fourth-order valence-corrected chi connectivity index (χ4v) is 4.62. The van der Waals surface area contributed by atoms with E-state index in [0.29, 0.717) is 11.8 Å². The van der Waals surface area contributed by atoms with Crippen LogP contribution in [0.5, 0.6) is 5.75 Å². The maximum Gasteiger partial charge on any atom is 0.115 e. The predicted octanol–water partition coefficient (Wildman–Crippen LogP) is 3.34. The van der Waals surface area contributed by atoms with Crippen molar-refractivity contribution in [2.45, 2.75) is 58.1 Å². The SMILES string of the molecule is COC(C)CN1CCC2(C)c3cc(O)ccc3CC1C2(C)C. The highest BCUT2D eigenvalue weighted by Crippen LogP contribution is 2.56. The van der Waals surface area contributed by atoms with Gasteiger partial charge in [-0.05, 0) is 55.0 Å². The van der Waals surface area contributed by atoms with E-state index in [-0.39, 0.29) is 16.9 Å². The zero-order chi connectivity index (χ0) is 16.1. The summed E-state index contributed by atoms with van der Waals surface area (Å²) in [5.41, 5.74) is 3.06. The molecule has 0 amide bonds. The lowest BCUT2D eigenvalue weighted by Crippen LogP contribution is -2.64. The minimum Gasteiger partial charge on any atom is -0.508 e. The molecule has 1 aromatic carbocycles. The molecule has 1 aromatic rings. The highest BCUT2D eigenvalue weighted by atomic mass is 16.5. The molecular formula is C19H29NO2. The first kappa shape index (κ1) is 15.8. The Bertz CT molecular complexity index is 569. The number of rotatable bonds is 3. The zero-order valence-electron chi connectivity index (χ0n) is 14.5. The van der Waals surface area contributed by atoms with Crippen molar-refractivity contribution >= 4 is 0 Å². The molecule has 1 heterocycles. The van der Waals surface area contributed by atoms with Crippen LogP contribution in [-0.2, 0) is 16.6 Å². The molecule has 0 spiro atoms. The molecule has 3 rings (SSSR count). The third-order valence-corrected chi connectivity index (χ3v) is 6.59. The van der Waals surface area contributed by atoms with Crippen molar-refractivity contribution in [2.24, 2.45) is 5.41 Å². The Morgan fingerprint density at radius 1 is 1.36 bits per heavy atom.